The minimum absolute atomic E-state index is 0.347. The van der Waals surface area contributed by atoms with E-state index in [0.717, 1.165) is 5.69 Å². The molecule has 3 aromatic rings. The van der Waals surface area contributed by atoms with Gasteiger partial charge in [-0.1, -0.05) is 29.8 Å². The molecule has 0 bridgehead atoms. The van der Waals surface area contributed by atoms with Crippen LogP contribution in [0.3, 0.4) is 0 Å². The molecular formula is C25H21ClN2O5. The Balaban J connectivity index is 1.63. The van der Waals surface area contributed by atoms with Crippen molar-refractivity contribution in [1.29, 1.82) is 0 Å². The molecule has 2 aliphatic heterocycles. The molecule has 0 aliphatic carbocycles. The minimum Gasteiger partial charge on any atom is -0.497 e. The second-order valence-corrected chi connectivity index (χ2v) is 8.19. The highest BCUT2D eigenvalue weighted by molar-refractivity contribution is 6.31. The second kappa shape index (κ2) is 8.42. The molecule has 3 aromatic carbocycles. The summed E-state index contributed by atoms with van der Waals surface area (Å²) in [4.78, 5) is 34.4. The van der Waals surface area contributed by atoms with Gasteiger partial charge in [0.25, 0.3) is 5.91 Å². The SMILES string of the molecule is COc1ccc(OC)c([C@H]2[C@@H]3C(=O)N(c4ccc(Cl)cc4)C(=O)[C@H]3ON2c2ccccc2)c1. The van der Waals surface area contributed by atoms with E-state index >= 15 is 0 Å². The fraction of sp³-hybridized carbons (Fsp3) is 0.200. The standard InChI is InChI=1S/C25H21ClN2O5/c1-31-18-12-13-20(32-2)19(14-18)22-21-23(33-28(22)17-6-4-3-5-7-17)25(30)27(24(21)29)16-10-8-15(26)9-11-16/h3-14,21-23H,1-2H3/t21-,22-,23-/m0/s1. The number of amides is 2. The Labute approximate surface area is 196 Å². The van der Waals surface area contributed by atoms with Gasteiger partial charge in [-0.3, -0.25) is 14.4 Å². The highest BCUT2D eigenvalue weighted by Crippen LogP contribution is 2.50. The minimum atomic E-state index is -0.978. The van der Waals surface area contributed by atoms with Gasteiger partial charge in [0.15, 0.2) is 6.10 Å². The average Bonchev–Trinajstić information content (AvgIpc) is 3.36. The summed E-state index contributed by atoms with van der Waals surface area (Å²) < 4.78 is 11.0. The van der Waals surface area contributed by atoms with E-state index in [-0.39, 0.29) is 5.91 Å². The molecule has 8 heteroatoms. The first kappa shape index (κ1) is 21.3. The second-order valence-electron chi connectivity index (χ2n) is 7.75. The first-order valence-corrected chi connectivity index (χ1v) is 10.8. The maximum Gasteiger partial charge on any atom is 0.266 e. The maximum absolute atomic E-state index is 13.7. The third-order valence-electron chi connectivity index (χ3n) is 5.97. The molecule has 0 aromatic heterocycles. The molecule has 7 nitrogen and oxygen atoms in total. The van der Waals surface area contributed by atoms with Crippen LogP contribution in [0.5, 0.6) is 11.5 Å². The van der Waals surface area contributed by atoms with Crippen molar-refractivity contribution in [3.8, 4) is 11.5 Å². The molecule has 2 saturated heterocycles. The molecule has 2 aliphatic rings. The zero-order valence-corrected chi connectivity index (χ0v) is 18.7. The third kappa shape index (κ3) is 3.50. The Morgan fingerprint density at radius 1 is 0.848 bits per heavy atom. The van der Waals surface area contributed by atoms with Crippen LogP contribution in [0.15, 0.2) is 72.8 Å². The average molecular weight is 465 g/mol. The Kier molecular flexibility index (Phi) is 5.44. The topological polar surface area (TPSA) is 68.3 Å². The molecule has 0 N–H and O–H groups in total. The quantitative estimate of drug-likeness (QED) is 0.521. The molecule has 2 heterocycles. The molecule has 0 unspecified atom stereocenters. The van der Waals surface area contributed by atoms with Crippen molar-refractivity contribution >= 4 is 34.8 Å². The van der Waals surface area contributed by atoms with Gasteiger partial charge >= 0.3 is 0 Å². The Bertz CT molecular complexity index is 1200. The van der Waals surface area contributed by atoms with Crippen molar-refractivity contribution in [2.45, 2.75) is 12.1 Å². The molecule has 0 saturated carbocycles. The number of hydrogen-bond donors (Lipinski definition) is 0. The van der Waals surface area contributed by atoms with Crippen LogP contribution in [0.1, 0.15) is 11.6 Å². The van der Waals surface area contributed by atoms with Crippen molar-refractivity contribution in [2.75, 3.05) is 24.2 Å². The van der Waals surface area contributed by atoms with Crippen molar-refractivity contribution in [2.24, 2.45) is 5.92 Å². The fourth-order valence-electron chi connectivity index (χ4n) is 4.44. The summed E-state index contributed by atoms with van der Waals surface area (Å²) in [5.74, 6) is -0.377. The van der Waals surface area contributed by atoms with E-state index in [2.05, 4.69) is 0 Å². The van der Waals surface area contributed by atoms with Gasteiger partial charge < -0.3 is 9.47 Å². The summed E-state index contributed by atoms with van der Waals surface area (Å²) in [7, 11) is 3.13. The van der Waals surface area contributed by atoms with Crippen molar-refractivity contribution in [1.82, 2.24) is 0 Å². The number of fused-ring (bicyclic) bond motifs is 1. The number of halogens is 1. The maximum atomic E-state index is 13.7. The summed E-state index contributed by atoms with van der Waals surface area (Å²) in [6.45, 7) is 0. The first-order chi connectivity index (χ1) is 16.0. The molecule has 33 heavy (non-hydrogen) atoms. The number of ether oxygens (including phenoxy) is 2. The highest BCUT2D eigenvalue weighted by Gasteiger charge is 2.60. The van der Waals surface area contributed by atoms with E-state index in [1.165, 1.54) is 4.90 Å². The predicted molar refractivity (Wildman–Crippen MR) is 124 cm³/mol. The number of hydroxylamine groups is 1. The van der Waals surface area contributed by atoms with E-state index in [4.69, 9.17) is 25.9 Å². The number of rotatable bonds is 5. The van der Waals surface area contributed by atoms with Gasteiger partial charge in [0.2, 0.25) is 5.91 Å². The molecule has 0 spiro atoms. The summed E-state index contributed by atoms with van der Waals surface area (Å²) in [6.07, 6.45) is -0.978. The summed E-state index contributed by atoms with van der Waals surface area (Å²) in [6, 6.07) is 20.7. The van der Waals surface area contributed by atoms with Crippen molar-refractivity contribution in [3.05, 3.63) is 83.4 Å². The number of anilines is 2. The van der Waals surface area contributed by atoms with E-state index in [9.17, 15) is 9.59 Å². The normalized spacial score (nSPS) is 22.0. The summed E-state index contributed by atoms with van der Waals surface area (Å²) in [5.41, 5.74) is 1.86. The lowest BCUT2D eigenvalue weighted by Crippen LogP contribution is -2.37. The van der Waals surface area contributed by atoms with Crippen LogP contribution in [0, 0.1) is 5.92 Å². The smallest absolute Gasteiger partial charge is 0.266 e. The van der Waals surface area contributed by atoms with E-state index in [0.29, 0.717) is 27.8 Å². The summed E-state index contributed by atoms with van der Waals surface area (Å²) >= 11 is 5.99. The Morgan fingerprint density at radius 2 is 1.58 bits per heavy atom. The van der Waals surface area contributed by atoms with Gasteiger partial charge in [0.05, 0.1) is 25.6 Å². The number of carbonyl (C=O) groups is 2. The number of nitrogens with zero attached hydrogens (tertiary/aromatic N) is 2. The van der Waals surface area contributed by atoms with Crippen molar-refractivity contribution < 1.29 is 23.9 Å². The summed E-state index contributed by atoms with van der Waals surface area (Å²) in [5, 5.41) is 2.14. The lowest BCUT2D eigenvalue weighted by Gasteiger charge is -2.29. The van der Waals surface area contributed by atoms with Crippen LogP contribution in [0.25, 0.3) is 0 Å². The van der Waals surface area contributed by atoms with Gasteiger partial charge in [-0.25, -0.2) is 9.96 Å². The van der Waals surface area contributed by atoms with Gasteiger partial charge in [-0.2, -0.15) is 0 Å². The van der Waals surface area contributed by atoms with Crippen LogP contribution in [-0.4, -0.2) is 32.1 Å². The molecule has 0 radical (unpaired) electrons. The van der Waals surface area contributed by atoms with Gasteiger partial charge in [0, 0.05) is 10.6 Å². The van der Waals surface area contributed by atoms with Crippen LogP contribution in [-0.2, 0) is 14.4 Å². The predicted octanol–water partition coefficient (Wildman–Crippen LogP) is 4.41. The Morgan fingerprint density at radius 3 is 2.24 bits per heavy atom. The van der Waals surface area contributed by atoms with Gasteiger partial charge in [-0.15, -0.1) is 0 Å². The number of para-hydroxylation sites is 1. The first-order valence-electron chi connectivity index (χ1n) is 10.4. The van der Waals surface area contributed by atoms with Crippen molar-refractivity contribution in [3.63, 3.8) is 0 Å². The lowest BCUT2D eigenvalue weighted by atomic mass is 9.89. The van der Waals surface area contributed by atoms with Gasteiger partial charge in [-0.05, 0) is 54.6 Å². The zero-order valence-electron chi connectivity index (χ0n) is 18.0. The Hall–Kier alpha value is -3.55. The number of imide groups is 1. The van der Waals surface area contributed by atoms with E-state index in [1.54, 1.807) is 55.7 Å². The molecule has 5 rings (SSSR count). The molecule has 168 valence electrons. The number of benzene rings is 3. The molecular weight excluding hydrogens is 444 g/mol. The van der Waals surface area contributed by atoms with Gasteiger partial charge in [0.1, 0.15) is 23.5 Å². The van der Waals surface area contributed by atoms with E-state index < -0.39 is 24.0 Å². The highest BCUT2D eigenvalue weighted by atomic mass is 35.5. The van der Waals surface area contributed by atoms with Crippen LogP contribution in [0.4, 0.5) is 11.4 Å². The lowest BCUT2D eigenvalue weighted by molar-refractivity contribution is -0.126. The van der Waals surface area contributed by atoms with Crippen LogP contribution in [0.2, 0.25) is 5.02 Å². The third-order valence-corrected chi connectivity index (χ3v) is 6.22. The number of hydrogen-bond acceptors (Lipinski definition) is 6. The largest absolute Gasteiger partial charge is 0.497 e. The number of carbonyl (C=O) groups excluding carboxylic acids is 2. The fourth-order valence-corrected chi connectivity index (χ4v) is 4.57. The molecule has 3 atom stereocenters. The molecule has 2 fully saturated rings. The number of methoxy groups -OCH3 is 2. The monoisotopic (exact) mass is 464 g/mol. The zero-order chi connectivity index (χ0) is 23.1. The van der Waals surface area contributed by atoms with E-state index in [1.807, 2.05) is 36.4 Å². The van der Waals surface area contributed by atoms with Crippen LogP contribution < -0.4 is 19.4 Å². The van der Waals surface area contributed by atoms with Crippen LogP contribution >= 0.6 is 11.6 Å². The molecule has 2 amide bonds.